The summed E-state index contributed by atoms with van der Waals surface area (Å²) in [4.78, 5) is 16.5. The van der Waals surface area contributed by atoms with E-state index in [2.05, 4.69) is 22.3 Å². The highest BCUT2D eigenvalue weighted by atomic mass is 32.2. The summed E-state index contributed by atoms with van der Waals surface area (Å²) in [6.45, 7) is 4.16. The van der Waals surface area contributed by atoms with Gasteiger partial charge in [0, 0.05) is 18.4 Å². The molecular weight excluding hydrogens is 284 g/mol. The first-order valence-electron chi connectivity index (χ1n) is 7.06. The summed E-state index contributed by atoms with van der Waals surface area (Å²) in [7, 11) is 0. The van der Waals surface area contributed by atoms with E-state index in [4.69, 9.17) is 0 Å². The van der Waals surface area contributed by atoms with Crippen LogP contribution in [-0.4, -0.2) is 38.2 Å². The SMILES string of the molecule is CCSCCC(C)NC(=O)c1cccc(-n2cccn2)n1. The van der Waals surface area contributed by atoms with Gasteiger partial charge in [0.25, 0.3) is 5.91 Å². The average Bonchev–Trinajstić information content (AvgIpc) is 3.02. The second-order valence-electron chi connectivity index (χ2n) is 4.69. The molecule has 2 heterocycles. The lowest BCUT2D eigenvalue weighted by molar-refractivity contribution is 0.0934. The summed E-state index contributed by atoms with van der Waals surface area (Å²) in [6.07, 6.45) is 4.44. The van der Waals surface area contributed by atoms with Gasteiger partial charge in [-0.05, 0) is 43.0 Å². The molecule has 0 saturated heterocycles. The predicted octanol–water partition coefficient (Wildman–Crippen LogP) is 2.53. The predicted molar refractivity (Wildman–Crippen MR) is 85.9 cm³/mol. The van der Waals surface area contributed by atoms with E-state index in [1.165, 1.54) is 0 Å². The van der Waals surface area contributed by atoms with E-state index in [1.807, 2.05) is 36.9 Å². The lowest BCUT2D eigenvalue weighted by Gasteiger charge is -2.13. The second-order valence-corrected chi connectivity index (χ2v) is 6.09. The molecule has 0 bridgehead atoms. The Morgan fingerprint density at radius 2 is 2.29 bits per heavy atom. The molecule has 1 amide bonds. The van der Waals surface area contributed by atoms with Crippen LogP contribution in [-0.2, 0) is 0 Å². The maximum absolute atomic E-state index is 12.2. The highest BCUT2D eigenvalue weighted by Crippen LogP contribution is 2.07. The molecule has 5 nitrogen and oxygen atoms in total. The molecule has 0 spiro atoms. The molecule has 0 radical (unpaired) electrons. The number of carbonyl (C=O) groups excluding carboxylic acids is 1. The number of rotatable bonds is 7. The summed E-state index contributed by atoms with van der Waals surface area (Å²) < 4.78 is 1.64. The van der Waals surface area contributed by atoms with Crippen LogP contribution in [0, 0.1) is 0 Å². The Bertz CT molecular complexity index is 571. The number of pyridine rings is 1. The van der Waals surface area contributed by atoms with Gasteiger partial charge in [0.15, 0.2) is 5.82 Å². The maximum atomic E-state index is 12.2. The van der Waals surface area contributed by atoms with Gasteiger partial charge in [-0.15, -0.1) is 0 Å². The minimum Gasteiger partial charge on any atom is -0.348 e. The zero-order chi connectivity index (χ0) is 15.1. The fourth-order valence-corrected chi connectivity index (χ4v) is 2.66. The van der Waals surface area contributed by atoms with Gasteiger partial charge < -0.3 is 5.32 Å². The minimum atomic E-state index is -0.141. The Morgan fingerprint density at radius 3 is 3.00 bits per heavy atom. The summed E-state index contributed by atoms with van der Waals surface area (Å²) in [6, 6.07) is 7.33. The van der Waals surface area contributed by atoms with Crippen molar-refractivity contribution in [3.05, 3.63) is 42.4 Å². The van der Waals surface area contributed by atoms with Crippen molar-refractivity contribution in [3.8, 4) is 5.82 Å². The molecule has 2 rings (SSSR count). The number of thioether (sulfide) groups is 1. The molecule has 0 aliphatic rings. The molecule has 21 heavy (non-hydrogen) atoms. The van der Waals surface area contributed by atoms with E-state index >= 15 is 0 Å². The quantitative estimate of drug-likeness (QED) is 0.799. The van der Waals surface area contributed by atoms with Crippen LogP contribution in [0.4, 0.5) is 0 Å². The lowest BCUT2D eigenvalue weighted by Crippen LogP contribution is -2.33. The van der Waals surface area contributed by atoms with E-state index in [0.29, 0.717) is 11.5 Å². The van der Waals surface area contributed by atoms with Crippen LogP contribution in [0.15, 0.2) is 36.7 Å². The molecule has 0 saturated carbocycles. The van der Waals surface area contributed by atoms with Crippen LogP contribution in [0.3, 0.4) is 0 Å². The molecule has 0 aliphatic carbocycles. The van der Waals surface area contributed by atoms with Crippen molar-refractivity contribution in [2.75, 3.05) is 11.5 Å². The number of hydrogen-bond acceptors (Lipinski definition) is 4. The van der Waals surface area contributed by atoms with Crippen LogP contribution in [0.25, 0.3) is 5.82 Å². The standard InChI is InChI=1S/C15H20N4OS/c1-3-21-11-8-12(2)17-15(20)13-6-4-7-14(18-13)19-10-5-9-16-19/h4-7,9-10,12H,3,8,11H2,1-2H3,(H,17,20). The van der Waals surface area contributed by atoms with Gasteiger partial charge in [-0.25, -0.2) is 9.67 Å². The number of carbonyl (C=O) groups is 1. The van der Waals surface area contributed by atoms with Crippen molar-refractivity contribution < 1.29 is 4.79 Å². The van der Waals surface area contributed by atoms with Crippen LogP contribution in [0.2, 0.25) is 0 Å². The Hall–Kier alpha value is -1.82. The Morgan fingerprint density at radius 1 is 1.43 bits per heavy atom. The number of amides is 1. The monoisotopic (exact) mass is 304 g/mol. The van der Waals surface area contributed by atoms with Crippen LogP contribution >= 0.6 is 11.8 Å². The van der Waals surface area contributed by atoms with Crippen molar-refractivity contribution in [1.82, 2.24) is 20.1 Å². The fraction of sp³-hybridized carbons (Fsp3) is 0.400. The van der Waals surface area contributed by atoms with Gasteiger partial charge >= 0.3 is 0 Å². The normalized spacial score (nSPS) is 12.1. The molecule has 6 heteroatoms. The largest absolute Gasteiger partial charge is 0.348 e. The van der Waals surface area contributed by atoms with Gasteiger partial charge in [-0.3, -0.25) is 4.79 Å². The summed E-state index contributed by atoms with van der Waals surface area (Å²) in [5.74, 6) is 2.66. The van der Waals surface area contributed by atoms with E-state index in [0.717, 1.165) is 17.9 Å². The first-order valence-corrected chi connectivity index (χ1v) is 8.22. The molecule has 1 atom stereocenters. The van der Waals surface area contributed by atoms with Crippen molar-refractivity contribution in [2.24, 2.45) is 0 Å². The smallest absolute Gasteiger partial charge is 0.270 e. The Balaban J connectivity index is 1.98. The highest BCUT2D eigenvalue weighted by molar-refractivity contribution is 7.99. The third-order valence-corrected chi connectivity index (χ3v) is 3.92. The van der Waals surface area contributed by atoms with Crippen molar-refractivity contribution >= 4 is 17.7 Å². The topological polar surface area (TPSA) is 59.8 Å². The molecule has 112 valence electrons. The zero-order valence-corrected chi connectivity index (χ0v) is 13.1. The van der Waals surface area contributed by atoms with Gasteiger partial charge in [-0.2, -0.15) is 16.9 Å². The molecule has 2 aromatic heterocycles. The molecule has 0 fully saturated rings. The molecule has 2 aromatic rings. The molecule has 0 aromatic carbocycles. The van der Waals surface area contributed by atoms with E-state index in [1.54, 1.807) is 23.1 Å². The van der Waals surface area contributed by atoms with Gasteiger partial charge in [0.05, 0.1) is 0 Å². The molecule has 0 aliphatic heterocycles. The third kappa shape index (κ3) is 4.60. The number of aromatic nitrogens is 3. The Kier molecular flexibility index (Phi) is 5.80. The fourth-order valence-electron chi connectivity index (χ4n) is 1.86. The molecule has 1 N–H and O–H groups in total. The van der Waals surface area contributed by atoms with E-state index < -0.39 is 0 Å². The minimum absolute atomic E-state index is 0.141. The average molecular weight is 304 g/mol. The maximum Gasteiger partial charge on any atom is 0.270 e. The number of nitrogens with one attached hydrogen (secondary N) is 1. The van der Waals surface area contributed by atoms with Crippen LogP contribution < -0.4 is 5.32 Å². The van der Waals surface area contributed by atoms with E-state index in [9.17, 15) is 4.79 Å². The molecular formula is C15H20N4OS. The first-order chi connectivity index (χ1) is 10.2. The van der Waals surface area contributed by atoms with Crippen molar-refractivity contribution in [3.63, 3.8) is 0 Å². The molecule has 1 unspecified atom stereocenters. The summed E-state index contributed by atoms with van der Waals surface area (Å²) in [5, 5.41) is 7.10. The van der Waals surface area contributed by atoms with Gasteiger partial charge in [-0.1, -0.05) is 13.0 Å². The first kappa shape index (κ1) is 15.6. The Labute approximate surface area is 129 Å². The van der Waals surface area contributed by atoms with Gasteiger partial charge in [0.1, 0.15) is 5.69 Å². The number of nitrogens with zero attached hydrogens (tertiary/aromatic N) is 3. The van der Waals surface area contributed by atoms with E-state index in [-0.39, 0.29) is 11.9 Å². The van der Waals surface area contributed by atoms with Crippen LogP contribution in [0.5, 0.6) is 0 Å². The van der Waals surface area contributed by atoms with Crippen molar-refractivity contribution in [2.45, 2.75) is 26.3 Å². The highest BCUT2D eigenvalue weighted by Gasteiger charge is 2.12. The summed E-state index contributed by atoms with van der Waals surface area (Å²) >= 11 is 1.88. The van der Waals surface area contributed by atoms with Gasteiger partial charge in [0.2, 0.25) is 0 Å². The lowest BCUT2D eigenvalue weighted by atomic mass is 10.2. The number of hydrogen-bond donors (Lipinski definition) is 1. The second kappa shape index (κ2) is 7.83. The third-order valence-electron chi connectivity index (χ3n) is 2.98. The zero-order valence-electron chi connectivity index (χ0n) is 12.3. The van der Waals surface area contributed by atoms with Crippen LogP contribution in [0.1, 0.15) is 30.8 Å². The summed E-state index contributed by atoms with van der Waals surface area (Å²) in [5.41, 5.74) is 0.415. The van der Waals surface area contributed by atoms with Crippen molar-refractivity contribution in [1.29, 1.82) is 0 Å².